The third-order valence-corrected chi connectivity index (χ3v) is 4.24. The number of nitrogens with one attached hydrogen (secondary N) is 1. The average molecular weight is 370 g/mol. The first kappa shape index (κ1) is 17.8. The molecular weight excluding hydrogens is 355 g/mol. The summed E-state index contributed by atoms with van der Waals surface area (Å²) in [5.41, 5.74) is 0.887. The molecule has 0 spiro atoms. The molecule has 0 aliphatic carbocycles. The second-order valence-electron chi connectivity index (χ2n) is 5.60. The van der Waals surface area contributed by atoms with Crippen LogP contribution in [0.5, 0.6) is 5.75 Å². The molecule has 0 saturated carbocycles. The number of hydrogen-bond acceptors (Lipinski definition) is 4. The van der Waals surface area contributed by atoms with Crippen LogP contribution in [0.15, 0.2) is 54.1 Å². The van der Waals surface area contributed by atoms with Gasteiger partial charge >= 0.3 is 0 Å². The van der Waals surface area contributed by atoms with Gasteiger partial charge in [-0.05, 0) is 30.4 Å². The number of likely N-dealkylation sites (N-methyl/N-ethyl adjacent to an activating group) is 1. The molecule has 2 aromatic carbocycles. The molecule has 0 aromatic heterocycles. The Bertz CT molecular complexity index is 927. The lowest BCUT2D eigenvalue weighted by atomic mass is 10.1. The van der Waals surface area contributed by atoms with E-state index >= 15 is 0 Å². The summed E-state index contributed by atoms with van der Waals surface area (Å²) < 4.78 is 19.4. The van der Waals surface area contributed by atoms with E-state index in [0.29, 0.717) is 16.9 Å². The van der Waals surface area contributed by atoms with Gasteiger partial charge in [-0.25, -0.2) is 4.39 Å². The van der Waals surface area contributed by atoms with Crippen LogP contribution in [-0.2, 0) is 16.2 Å². The average Bonchev–Trinajstić information content (AvgIpc) is 2.63. The molecule has 0 radical (unpaired) electrons. The van der Waals surface area contributed by atoms with E-state index in [1.54, 1.807) is 42.5 Å². The zero-order valence-electron chi connectivity index (χ0n) is 13.9. The van der Waals surface area contributed by atoms with Crippen molar-refractivity contribution in [1.29, 1.82) is 0 Å². The van der Waals surface area contributed by atoms with Crippen LogP contribution >= 0.6 is 12.2 Å². The van der Waals surface area contributed by atoms with Crippen molar-refractivity contribution in [3.05, 3.63) is 71.0 Å². The fraction of sp³-hybridized carbons (Fsp3) is 0.105. The fourth-order valence-corrected chi connectivity index (χ4v) is 2.58. The molecule has 1 N–H and O–H groups in total. The quantitative estimate of drug-likeness (QED) is 0.511. The number of halogens is 1. The number of nitrogens with zero attached hydrogens (tertiary/aromatic N) is 1. The van der Waals surface area contributed by atoms with Crippen molar-refractivity contribution in [2.45, 2.75) is 6.61 Å². The summed E-state index contributed by atoms with van der Waals surface area (Å²) in [4.78, 5) is 25.6. The summed E-state index contributed by atoms with van der Waals surface area (Å²) in [7, 11) is 1.48. The van der Waals surface area contributed by atoms with Crippen LogP contribution in [0.4, 0.5) is 4.39 Å². The Balaban J connectivity index is 1.87. The third-order valence-electron chi connectivity index (χ3n) is 3.86. The lowest BCUT2D eigenvalue weighted by Gasteiger charge is -2.25. The maximum atomic E-state index is 13.7. The summed E-state index contributed by atoms with van der Waals surface area (Å²) in [6.07, 6.45) is 1.44. The maximum Gasteiger partial charge on any atom is 0.265 e. The highest BCUT2D eigenvalue weighted by molar-refractivity contribution is 7.80. The van der Waals surface area contributed by atoms with E-state index < -0.39 is 11.8 Å². The number of carbonyl (C=O) groups excluding carboxylic acids is 2. The highest BCUT2D eigenvalue weighted by atomic mass is 32.1. The molecule has 132 valence electrons. The van der Waals surface area contributed by atoms with Gasteiger partial charge in [-0.3, -0.25) is 19.8 Å². The molecule has 1 aliphatic rings. The van der Waals surface area contributed by atoms with Gasteiger partial charge in [0, 0.05) is 18.2 Å². The summed E-state index contributed by atoms with van der Waals surface area (Å²) in [5, 5.41) is 2.51. The standard InChI is InChI=1S/C19H15FN2O3S/c1-22-18(24)14(17(23)21-19(22)26)10-12-6-3-5-9-16(12)25-11-13-7-2-4-8-15(13)20/h2-10H,11H2,1H3,(H,21,23,26)/b14-10+. The summed E-state index contributed by atoms with van der Waals surface area (Å²) in [5.74, 6) is -0.996. The molecule has 26 heavy (non-hydrogen) atoms. The number of amides is 2. The second-order valence-corrected chi connectivity index (χ2v) is 5.99. The number of ether oxygens (including phenoxy) is 1. The highest BCUT2D eigenvalue weighted by Gasteiger charge is 2.30. The molecule has 0 bridgehead atoms. The van der Waals surface area contributed by atoms with E-state index in [1.165, 1.54) is 24.1 Å². The Morgan fingerprint density at radius 1 is 1.15 bits per heavy atom. The van der Waals surface area contributed by atoms with Gasteiger partial charge in [0.2, 0.25) is 0 Å². The number of para-hydroxylation sites is 1. The van der Waals surface area contributed by atoms with Crippen molar-refractivity contribution in [3.8, 4) is 5.75 Å². The first-order valence-electron chi connectivity index (χ1n) is 7.77. The van der Waals surface area contributed by atoms with Gasteiger partial charge in [-0.1, -0.05) is 36.4 Å². The van der Waals surface area contributed by atoms with Crippen LogP contribution in [-0.4, -0.2) is 28.9 Å². The maximum absolute atomic E-state index is 13.7. The molecule has 2 aromatic rings. The molecule has 1 heterocycles. The Labute approximate surface area is 155 Å². The van der Waals surface area contributed by atoms with Crippen molar-refractivity contribution in [1.82, 2.24) is 10.2 Å². The number of thiocarbonyl (C=S) groups is 1. The van der Waals surface area contributed by atoms with Crippen LogP contribution in [0.3, 0.4) is 0 Å². The molecule has 2 amide bonds. The molecule has 7 heteroatoms. The molecule has 1 fully saturated rings. The predicted octanol–water partition coefficient (Wildman–Crippen LogP) is 2.66. The van der Waals surface area contributed by atoms with Crippen molar-refractivity contribution in [2.24, 2.45) is 0 Å². The molecule has 3 rings (SSSR count). The molecule has 1 aliphatic heterocycles. The van der Waals surface area contributed by atoms with Crippen LogP contribution in [0.2, 0.25) is 0 Å². The first-order valence-corrected chi connectivity index (χ1v) is 8.18. The van der Waals surface area contributed by atoms with Crippen molar-refractivity contribution < 1.29 is 18.7 Å². The minimum atomic E-state index is -0.568. The monoisotopic (exact) mass is 370 g/mol. The lowest BCUT2D eigenvalue weighted by molar-refractivity contribution is -0.128. The van der Waals surface area contributed by atoms with Crippen molar-refractivity contribution in [2.75, 3.05) is 7.05 Å². The highest BCUT2D eigenvalue weighted by Crippen LogP contribution is 2.24. The summed E-state index contributed by atoms with van der Waals surface area (Å²) in [6, 6.07) is 13.2. The van der Waals surface area contributed by atoms with Gasteiger partial charge in [0.15, 0.2) is 5.11 Å². The molecule has 1 saturated heterocycles. The molecule has 0 atom stereocenters. The van der Waals surface area contributed by atoms with Gasteiger partial charge in [0.25, 0.3) is 11.8 Å². The Morgan fingerprint density at radius 3 is 2.62 bits per heavy atom. The van der Waals surface area contributed by atoms with Crippen LogP contribution in [0, 0.1) is 5.82 Å². The second kappa shape index (κ2) is 7.45. The van der Waals surface area contributed by atoms with Gasteiger partial charge in [-0.2, -0.15) is 0 Å². The van der Waals surface area contributed by atoms with Crippen LogP contribution < -0.4 is 10.1 Å². The third kappa shape index (κ3) is 3.62. The Morgan fingerprint density at radius 2 is 1.85 bits per heavy atom. The van der Waals surface area contributed by atoms with Gasteiger partial charge in [0.05, 0.1) is 0 Å². The lowest BCUT2D eigenvalue weighted by Crippen LogP contribution is -2.52. The van der Waals surface area contributed by atoms with E-state index in [4.69, 9.17) is 17.0 Å². The Kier molecular flexibility index (Phi) is 5.09. The molecule has 5 nitrogen and oxygen atoms in total. The van der Waals surface area contributed by atoms with E-state index in [2.05, 4.69) is 5.32 Å². The summed E-state index contributed by atoms with van der Waals surface area (Å²) >= 11 is 4.92. The van der Waals surface area contributed by atoms with E-state index in [-0.39, 0.29) is 23.1 Å². The number of rotatable bonds is 4. The minimum absolute atomic E-state index is 0.0248. The molecule has 0 unspecified atom stereocenters. The fourth-order valence-electron chi connectivity index (χ4n) is 2.40. The first-order chi connectivity index (χ1) is 12.5. The number of carbonyl (C=O) groups is 2. The van der Waals surface area contributed by atoms with Crippen LogP contribution in [0.1, 0.15) is 11.1 Å². The molecular formula is C19H15FN2O3S. The smallest absolute Gasteiger partial charge is 0.265 e. The van der Waals surface area contributed by atoms with Crippen molar-refractivity contribution in [3.63, 3.8) is 0 Å². The van der Waals surface area contributed by atoms with Crippen molar-refractivity contribution >= 4 is 35.2 Å². The topological polar surface area (TPSA) is 58.6 Å². The van der Waals surface area contributed by atoms with E-state index in [9.17, 15) is 14.0 Å². The van der Waals surface area contributed by atoms with E-state index in [1.807, 2.05) is 0 Å². The van der Waals surface area contributed by atoms with Gasteiger partial charge in [0.1, 0.15) is 23.7 Å². The minimum Gasteiger partial charge on any atom is -0.488 e. The normalized spacial score (nSPS) is 16.0. The largest absolute Gasteiger partial charge is 0.488 e. The van der Waals surface area contributed by atoms with Gasteiger partial charge in [-0.15, -0.1) is 0 Å². The Hall–Kier alpha value is -3.06. The zero-order valence-corrected chi connectivity index (χ0v) is 14.7. The van der Waals surface area contributed by atoms with E-state index in [0.717, 1.165) is 0 Å². The SMILES string of the molecule is CN1C(=O)/C(=C/c2ccccc2OCc2ccccc2F)C(=O)NC1=S. The zero-order chi connectivity index (χ0) is 18.7. The van der Waals surface area contributed by atoms with Gasteiger partial charge < -0.3 is 4.74 Å². The van der Waals surface area contributed by atoms with Crippen LogP contribution in [0.25, 0.3) is 6.08 Å². The number of benzene rings is 2. The number of hydrogen-bond donors (Lipinski definition) is 1. The summed E-state index contributed by atoms with van der Waals surface area (Å²) in [6.45, 7) is 0.0248. The predicted molar refractivity (Wildman–Crippen MR) is 98.7 cm³/mol.